The van der Waals surface area contributed by atoms with E-state index in [1.54, 1.807) is 4.52 Å². The van der Waals surface area contributed by atoms with Crippen LogP contribution in [0.25, 0.3) is 16.2 Å². The normalized spacial score (nSPS) is 13.1. The van der Waals surface area contributed by atoms with Gasteiger partial charge in [0.15, 0.2) is 0 Å². The van der Waals surface area contributed by atoms with Crippen LogP contribution in [0.5, 0.6) is 0 Å². The van der Waals surface area contributed by atoms with Crippen molar-refractivity contribution in [3.05, 3.63) is 41.0 Å². The van der Waals surface area contributed by atoms with Gasteiger partial charge in [0.25, 0.3) is 0 Å². The van der Waals surface area contributed by atoms with Gasteiger partial charge < -0.3 is 5.73 Å². The van der Waals surface area contributed by atoms with E-state index in [-0.39, 0.29) is 6.04 Å². The Labute approximate surface area is 109 Å². The second kappa shape index (κ2) is 4.19. The van der Waals surface area contributed by atoms with Crippen molar-refractivity contribution in [2.24, 2.45) is 5.73 Å². The Bertz CT molecular complexity index is 647. The van der Waals surface area contributed by atoms with Crippen LogP contribution >= 0.6 is 11.3 Å². The Morgan fingerprint density at radius 1 is 1.28 bits per heavy atom. The number of benzene rings is 1. The van der Waals surface area contributed by atoms with E-state index < -0.39 is 0 Å². The summed E-state index contributed by atoms with van der Waals surface area (Å²) in [6.07, 6.45) is 1.95. The van der Waals surface area contributed by atoms with Gasteiger partial charge in [0.1, 0.15) is 5.01 Å². The van der Waals surface area contributed by atoms with Gasteiger partial charge in [0.05, 0.1) is 17.9 Å². The highest BCUT2D eigenvalue weighted by molar-refractivity contribution is 7.16. The molecule has 0 amide bonds. The number of nitrogens with zero attached hydrogens (tertiary/aromatic N) is 3. The van der Waals surface area contributed by atoms with Gasteiger partial charge in [-0.3, -0.25) is 0 Å². The zero-order valence-electron chi connectivity index (χ0n) is 10.3. The fourth-order valence-corrected chi connectivity index (χ4v) is 2.60. The Balaban J connectivity index is 2.03. The van der Waals surface area contributed by atoms with Crippen molar-refractivity contribution in [1.29, 1.82) is 0 Å². The number of rotatable bonds is 2. The summed E-state index contributed by atoms with van der Waals surface area (Å²) < 4.78 is 1.80. The molecule has 0 saturated heterocycles. The van der Waals surface area contributed by atoms with E-state index in [1.807, 2.05) is 13.1 Å². The molecule has 0 saturated carbocycles. The molecule has 0 aliphatic carbocycles. The number of aromatic nitrogens is 3. The summed E-state index contributed by atoms with van der Waals surface area (Å²) in [6.45, 7) is 4.01. The number of hydrogen-bond acceptors (Lipinski definition) is 4. The van der Waals surface area contributed by atoms with Crippen LogP contribution < -0.4 is 5.73 Å². The van der Waals surface area contributed by atoms with Crippen LogP contribution in [-0.2, 0) is 0 Å². The van der Waals surface area contributed by atoms with Crippen molar-refractivity contribution in [1.82, 2.24) is 14.6 Å². The Morgan fingerprint density at radius 3 is 2.61 bits per heavy atom. The first kappa shape index (κ1) is 11.4. The van der Waals surface area contributed by atoms with Crippen LogP contribution in [0, 0.1) is 6.92 Å². The lowest BCUT2D eigenvalue weighted by Gasteiger charge is -1.97. The van der Waals surface area contributed by atoms with E-state index in [1.165, 1.54) is 16.9 Å². The van der Waals surface area contributed by atoms with Crippen LogP contribution in [0.4, 0.5) is 0 Å². The smallest absolute Gasteiger partial charge is 0.212 e. The summed E-state index contributed by atoms with van der Waals surface area (Å²) >= 11 is 1.54. The van der Waals surface area contributed by atoms with Crippen LogP contribution in [0.15, 0.2) is 30.5 Å². The molecule has 92 valence electrons. The minimum Gasteiger partial charge on any atom is -0.322 e. The topological polar surface area (TPSA) is 56.2 Å². The largest absolute Gasteiger partial charge is 0.322 e. The predicted molar refractivity (Wildman–Crippen MR) is 73.6 cm³/mol. The Kier molecular flexibility index (Phi) is 2.65. The van der Waals surface area contributed by atoms with Crippen molar-refractivity contribution >= 4 is 16.3 Å². The van der Waals surface area contributed by atoms with Gasteiger partial charge in [-0.05, 0) is 13.8 Å². The van der Waals surface area contributed by atoms with Gasteiger partial charge in [-0.25, -0.2) is 9.50 Å². The number of imidazole rings is 1. The molecule has 4 nitrogen and oxygen atoms in total. The molecule has 0 fully saturated rings. The van der Waals surface area contributed by atoms with E-state index >= 15 is 0 Å². The Morgan fingerprint density at radius 2 is 2.00 bits per heavy atom. The van der Waals surface area contributed by atoms with Crippen LogP contribution in [0.3, 0.4) is 0 Å². The molecule has 1 atom stereocenters. The quantitative estimate of drug-likeness (QED) is 0.769. The zero-order chi connectivity index (χ0) is 12.7. The van der Waals surface area contributed by atoms with Crippen molar-refractivity contribution in [3.63, 3.8) is 0 Å². The van der Waals surface area contributed by atoms with Crippen LogP contribution in [-0.4, -0.2) is 14.6 Å². The summed E-state index contributed by atoms with van der Waals surface area (Å²) in [5, 5.41) is 5.33. The van der Waals surface area contributed by atoms with E-state index in [4.69, 9.17) is 5.73 Å². The molecule has 2 aromatic heterocycles. The highest BCUT2D eigenvalue weighted by Crippen LogP contribution is 2.24. The minimum absolute atomic E-state index is 0.0421. The first-order valence-corrected chi connectivity index (χ1v) is 6.64. The first-order chi connectivity index (χ1) is 8.63. The molecule has 0 spiro atoms. The van der Waals surface area contributed by atoms with Crippen LogP contribution in [0.1, 0.15) is 23.5 Å². The molecule has 2 N–H and O–H groups in total. The minimum atomic E-state index is -0.0421. The Hall–Kier alpha value is -1.72. The summed E-state index contributed by atoms with van der Waals surface area (Å²) in [5.74, 6) is 0. The average Bonchev–Trinajstić information content (AvgIpc) is 2.87. The highest BCUT2D eigenvalue weighted by Gasteiger charge is 2.11. The lowest BCUT2D eigenvalue weighted by atomic mass is 10.1. The monoisotopic (exact) mass is 258 g/mol. The third kappa shape index (κ3) is 1.91. The number of aryl methyl sites for hydroxylation is 1. The molecule has 3 rings (SSSR count). The van der Waals surface area contributed by atoms with Crippen molar-refractivity contribution in [3.8, 4) is 11.3 Å². The van der Waals surface area contributed by atoms with Crippen molar-refractivity contribution in [2.75, 3.05) is 0 Å². The standard InChI is InChI=1S/C13H14N4S/c1-8-3-5-10(6-4-8)11-7-17-13(15-11)18-12(16-17)9(2)14/h3-7,9H,14H2,1-2H3. The van der Waals surface area contributed by atoms with Crippen molar-refractivity contribution in [2.45, 2.75) is 19.9 Å². The maximum absolute atomic E-state index is 5.81. The SMILES string of the molecule is Cc1ccc(-c2cn3nc(C(C)N)sc3n2)cc1. The highest BCUT2D eigenvalue weighted by atomic mass is 32.1. The molecule has 1 unspecified atom stereocenters. The van der Waals surface area contributed by atoms with Gasteiger partial charge >= 0.3 is 0 Å². The number of nitrogens with two attached hydrogens (primary N) is 1. The maximum atomic E-state index is 5.81. The van der Waals surface area contributed by atoms with Gasteiger partial charge in [0.2, 0.25) is 4.96 Å². The lowest BCUT2D eigenvalue weighted by Crippen LogP contribution is -2.04. The summed E-state index contributed by atoms with van der Waals surface area (Å²) in [7, 11) is 0. The average molecular weight is 258 g/mol. The molecule has 18 heavy (non-hydrogen) atoms. The van der Waals surface area contributed by atoms with Gasteiger partial charge in [0, 0.05) is 5.56 Å². The fraction of sp³-hybridized carbons (Fsp3) is 0.231. The molecule has 5 heteroatoms. The predicted octanol–water partition coefficient (Wildman–Crippen LogP) is 2.79. The molecule has 1 aromatic carbocycles. The molecular formula is C13H14N4S. The molecule has 3 aromatic rings. The molecule has 0 radical (unpaired) electrons. The van der Waals surface area contributed by atoms with E-state index in [0.717, 1.165) is 21.2 Å². The molecule has 2 heterocycles. The van der Waals surface area contributed by atoms with Crippen LogP contribution in [0.2, 0.25) is 0 Å². The second-order valence-electron chi connectivity index (χ2n) is 4.45. The summed E-state index contributed by atoms with van der Waals surface area (Å²) in [6, 6.07) is 8.29. The summed E-state index contributed by atoms with van der Waals surface area (Å²) in [4.78, 5) is 5.47. The molecular weight excluding hydrogens is 244 g/mol. The fourth-order valence-electron chi connectivity index (χ4n) is 1.76. The van der Waals surface area contributed by atoms with E-state index in [0.29, 0.717) is 0 Å². The van der Waals surface area contributed by atoms with Crippen molar-refractivity contribution < 1.29 is 0 Å². The van der Waals surface area contributed by atoms with Gasteiger partial charge in [-0.1, -0.05) is 41.2 Å². The van der Waals surface area contributed by atoms with Gasteiger partial charge in [-0.15, -0.1) is 0 Å². The summed E-state index contributed by atoms with van der Waals surface area (Å²) in [5.41, 5.74) is 9.12. The molecule has 0 bridgehead atoms. The third-order valence-corrected chi connectivity index (χ3v) is 3.92. The lowest BCUT2D eigenvalue weighted by molar-refractivity contribution is 0.769. The van der Waals surface area contributed by atoms with E-state index in [2.05, 4.69) is 41.3 Å². The zero-order valence-corrected chi connectivity index (χ0v) is 11.1. The first-order valence-electron chi connectivity index (χ1n) is 5.82. The number of hydrogen-bond donors (Lipinski definition) is 1. The number of fused-ring (bicyclic) bond motifs is 1. The third-order valence-electron chi connectivity index (χ3n) is 2.80. The molecule has 0 aliphatic rings. The second-order valence-corrected chi connectivity index (χ2v) is 5.44. The maximum Gasteiger partial charge on any atom is 0.212 e. The van der Waals surface area contributed by atoms with Gasteiger partial charge in [-0.2, -0.15) is 5.10 Å². The van der Waals surface area contributed by atoms with E-state index in [9.17, 15) is 0 Å². The molecule has 0 aliphatic heterocycles.